The molecule has 0 heterocycles. The lowest BCUT2D eigenvalue weighted by atomic mass is 10.1. The summed E-state index contributed by atoms with van der Waals surface area (Å²) in [7, 11) is -3.45. The molecular formula is C23H24N2O3S. The molecule has 0 aliphatic rings. The number of para-hydroxylation sites is 1. The van der Waals surface area contributed by atoms with Crippen molar-refractivity contribution >= 4 is 21.4 Å². The summed E-state index contributed by atoms with van der Waals surface area (Å²) in [4.78, 5) is 12.7. The predicted molar refractivity (Wildman–Crippen MR) is 116 cm³/mol. The van der Waals surface area contributed by atoms with Crippen LogP contribution < -0.4 is 10.6 Å². The third-order valence-electron chi connectivity index (χ3n) is 4.39. The highest BCUT2D eigenvalue weighted by atomic mass is 32.2. The molecule has 0 spiro atoms. The highest BCUT2D eigenvalue weighted by Crippen LogP contribution is 2.17. The minimum Gasteiger partial charge on any atom is -0.385 e. The van der Waals surface area contributed by atoms with Gasteiger partial charge in [-0.2, -0.15) is 0 Å². The maximum absolute atomic E-state index is 12.5. The van der Waals surface area contributed by atoms with Gasteiger partial charge in [0, 0.05) is 24.3 Å². The molecule has 29 heavy (non-hydrogen) atoms. The number of hydrogen-bond donors (Lipinski definition) is 2. The maximum atomic E-state index is 12.5. The van der Waals surface area contributed by atoms with Crippen LogP contribution in [0.15, 0.2) is 89.8 Å². The second-order valence-corrected chi connectivity index (χ2v) is 8.66. The minimum atomic E-state index is -3.45. The van der Waals surface area contributed by atoms with E-state index in [9.17, 15) is 13.2 Å². The molecule has 3 rings (SSSR count). The molecule has 0 saturated heterocycles. The summed E-state index contributed by atoms with van der Waals surface area (Å²) in [6, 6.07) is 25.0. The lowest BCUT2D eigenvalue weighted by Gasteiger charge is -2.09. The van der Waals surface area contributed by atoms with E-state index in [1.54, 1.807) is 54.6 Å². The van der Waals surface area contributed by atoms with Gasteiger partial charge in [-0.25, -0.2) is 8.42 Å². The number of sulfone groups is 1. The van der Waals surface area contributed by atoms with Crippen LogP contribution in [0.5, 0.6) is 0 Å². The van der Waals surface area contributed by atoms with Gasteiger partial charge < -0.3 is 10.6 Å². The molecule has 0 aliphatic carbocycles. The molecular weight excluding hydrogens is 384 g/mol. The summed E-state index contributed by atoms with van der Waals surface area (Å²) in [6.07, 6.45) is 0.780. The largest absolute Gasteiger partial charge is 0.385 e. The van der Waals surface area contributed by atoms with E-state index in [-0.39, 0.29) is 16.6 Å². The molecule has 6 heteroatoms. The number of rotatable bonds is 9. The van der Waals surface area contributed by atoms with E-state index in [1.807, 2.05) is 30.3 Å². The first-order valence-corrected chi connectivity index (χ1v) is 11.1. The quantitative estimate of drug-likeness (QED) is 0.527. The van der Waals surface area contributed by atoms with Gasteiger partial charge in [-0.1, -0.05) is 48.5 Å². The standard InChI is InChI=1S/C23H24N2O3S/c26-23(25-16-8-15-24-21-11-3-1-4-12-21)20-10-7-9-19(17-20)18-29(27,28)22-13-5-2-6-14-22/h1-7,9-14,17,24H,8,15-16,18H2,(H,25,26). The predicted octanol–water partition coefficient (Wildman–Crippen LogP) is 3.89. The fraction of sp³-hybridized carbons (Fsp3) is 0.174. The molecule has 150 valence electrons. The Hall–Kier alpha value is -3.12. The average Bonchev–Trinajstić information content (AvgIpc) is 2.74. The van der Waals surface area contributed by atoms with E-state index < -0.39 is 9.84 Å². The molecule has 0 fully saturated rings. The molecule has 3 aromatic carbocycles. The number of anilines is 1. The second kappa shape index (κ2) is 9.89. The average molecular weight is 409 g/mol. The third-order valence-corrected chi connectivity index (χ3v) is 6.09. The van der Waals surface area contributed by atoms with Gasteiger partial charge in [0.1, 0.15) is 0 Å². The Morgan fingerprint density at radius 1 is 0.793 bits per heavy atom. The summed E-state index contributed by atoms with van der Waals surface area (Å²) < 4.78 is 25.1. The Morgan fingerprint density at radius 2 is 1.48 bits per heavy atom. The number of amides is 1. The van der Waals surface area contributed by atoms with E-state index in [4.69, 9.17) is 0 Å². The van der Waals surface area contributed by atoms with E-state index in [2.05, 4.69) is 10.6 Å². The van der Waals surface area contributed by atoms with Crippen LogP contribution in [0.4, 0.5) is 5.69 Å². The summed E-state index contributed by atoms with van der Waals surface area (Å²) in [6.45, 7) is 1.28. The van der Waals surface area contributed by atoms with Gasteiger partial charge in [0.2, 0.25) is 0 Å². The topological polar surface area (TPSA) is 75.3 Å². The molecule has 0 aromatic heterocycles. The normalized spacial score (nSPS) is 11.0. The number of carbonyl (C=O) groups is 1. The number of carbonyl (C=O) groups excluding carboxylic acids is 1. The number of benzene rings is 3. The molecule has 0 atom stereocenters. The van der Waals surface area contributed by atoms with Crippen LogP contribution in [-0.2, 0) is 15.6 Å². The van der Waals surface area contributed by atoms with E-state index >= 15 is 0 Å². The molecule has 0 radical (unpaired) electrons. The van der Waals surface area contributed by atoms with Crippen molar-refractivity contribution in [3.05, 3.63) is 96.1 Å². The van der Waals surface area contributed by atoms with Crippen molar-refractivity contribution in [2.45, 2.75) is 17.1 Å². The molecule has 3 aromatic rings. The van der Waals surface area contributed by atoms with Crippen molar-refractivity contribution in [1.29, 1.82) is 0 Å². The van der Waals surface area contributed by atoms with Gasteiger partial charge >= 0.3 is 0 Å². The SMILES string of the molecule is O=C(NCCCNc1ccccc1)c1cccc(CS(=O)(=O)c2ccccc2)c1. The molecule has 5 nitrogen and oxygen atoms in total. The van der Waals surface area contributed by atoms with Crippen LogP contribution >= 0.6 is 0 Å². The molecule has 2 N–H and O–H groups in total. The van der Waals surface area contributed by atoms with Crippen LogP contribution in [0.1, 0.15) is 22.3 Å². The van der Waals surface area contributed by atoms with E-state index in [1.165, 1.54) is 0 Å². The third kappa shape index (κ3) is 6.19. The first-order valence-electron chi connectivity index (χ1n) is 9.48. The first kappa shape index (κ1) is 20.6. The van der Waals surface area contributed by atoms with Crippen molar-refractivity contribution in [1.82, 2.24) is 5.32 Å². The van der Waals surface area contributed by atoms with Crippen LogP contribution in [0.2, 0.25) is 0 Å². The van der Waals surface area contributed by atoms with Crippen LogP contribution in [0, 0.1) is 0 Å². The van der Waals surface area contributed by atoms with Gasteiger partial charge in [-0.15, -0.1) is 0 Å². The van der Waals surface area contributed by atoms with Gasteiger partial charge in [-0.05, 0) is 48.4 Å². The molecule has 0 saturated carbocycles. The Balaban J connectivity index is 1.51. The molecule has 0 unspecified atom stereocenters. The summed E-state index contributed by atoms with van der Waals surface area (Å²) in [5.41, 5.74) is 2.10. The summed E-state index contributed by atoms with van der Waals surface area (Å²) in [5, 5.41) is 6.17. The Labute approximate surface area is 171 Å². The van der Waals surface area contributed by atoms with Crippen molar-refractivity contribution in [3.63, 3.8) is 0 Å². The second-order valence-electron chi connectivity index (χ2n) is 6.67. The smallest absolute Gasteiger partial charge is 0.251 e. The fourth-order valence-corrected chi connectivity index (χ4v) is 4.27. The zero-order chi connectivity index (χ0) is 20.5. The zero-order valence-corrected chi connectivity index (χ0v) is 16.9. The minimum absolute atomic E-state index is 0.140. The molecule has 0 aliphatic heterocycles. The van der Waals surface area contributed by atoms with E-state index in [0.29, 0.717) is 17.7 Å². The lowest BCUT2D eigenvalue weighted by Crippen LogP contribution is -2.26. The number of nitrogens with one attached hydrogen (secondary N) is 2. The van der Waals surface area contributed by atoms with Crippen molar-refractivity contribution in [2.75, 3.05) is 18.4 Å². The highest BCUT2D eigenvalue weighted by Gasteiger charge is 2.16. The van der Waals surface area contributed by atoms with Crippen molar-refractivity contribution < 1.29 is 13.2 Å². The van der Waals surface area contributed by atoms with Crippen molar-refractivity contribution in [2.24, 2.45) is 0 Å². The van der Waals surface area contributed by atoms with Crippen LogP contribution in [0.25, 0.3) is 0 Å². The highest BCUT2D eigenvalue weighted by molar-refractivity contribution is 7.90. The maximum Gasteiger partial charge on any atom is 0.251 e. The Bertz CT molecular complexity index is 1040. The van der Waals surface area contributed by atoms with Gasteiger partial charge in [0.25, 0.3) is 5.91 Å². The fourth-order valence-electron chi connectivity index (χ4n) is 2.91. The van der Waals surface area contributed by atoms with E-state index in [0.717, 1.165) is 18.7 Å². The van der Waals surface area contributed by atoms with Gasteiger partial charge in [0.15, 0.2) is 9.84 Å². The van der Waals surface area contributed by atoms with Crippen molar-refractivity contribution in [3.8, 4) is 0 Å². The zero-order valence-electron chi connectivity index (χ0n) is 16.0. The molecule has 1 amide bonds. The summed E-state index contributed by atoms with van der Waals surface area (Å²) >= 11 is 0. The monoisotopic (exact) mass is 408 g/mol. The summed E-state index contributed by atoms with van der Waals surface area (Å²) in [5.74, 6) is -0.345. The van der Waals surface area contributed by atoms with Crippen LogP contribution in [0.3, 0.4) is 0 Å². The Morgan fingerprint density at radius 3 is 2.21 bits per heavy atom. The molecule has 0 bridgehead atoms. The van der Waals surface area contributed by atoms with Gasteiger partial charge in [-0.3, -0.25) is 4.79 Å². The van der Waals surface area contributed by atoms with Crippen LogP contribution in [-0.4, -0.2) is 27.4 Å². The first-order chi connectivity index (χ1) is 14.0. The Kier molecular flexibility index (Phi) is 7.03. The lowest BCUT2D eigenvalue weighted by molar-refractivity contribution is 0.0953. The number of hydrogen-bond acceptors (Lipinski definition) is 4. The van der Waals surface area contributed by atoms with Gasteiger partial charge in [0.05, 0.1) is 10.6 Å².